The van der Waals surface area contributed by atoms with E-state index >= 15 is 0 Å². The van der Waals surface area contributed by atoms with Crippen molar-refractivity contribution in [2.24, 2.45) is 23.0 Å². The summed E-state index contributed by atoms with van der Waals surface area (Å²) in [6, 6.07) is 0.347. The Morgan fingerprint density at radius 2 is 1.95 bits per heavy atom. The van der Waals surface area contributed by atoms with Crippen molar-refractivity contribution in [1.29, 1.82) is 0 Å². The van der Waals surface area contributed by atoms with E-state index in [4.69, 9.17) is 10.5 Å². The average Bonchev–Trinajstić information content (AvgIpc) is 2.38. The van der Waals surface area contributed by atoms with Crippen LogP contribution < -0.4 is 5.73 Å². The Kier molecular flexibility index (Phi) is 5.47. The Morgan fingerprint density at radius 1 is 1.30 bits per heavy atom. The number of hydrogen-bond acceptors (Lipinski definition) is 3. The van der Waals surface area contributed by atoms with Crippen LogP contribution in [0.1, 0.15) is 59.8 Å². The molecule has 0 aromatic carbocycles. The normalized spacial score (nSPS) is 30.1. The molecule has 0 aromatic heterocycles. The molecule has 3 atom stereocenters. The average molecular weight is 300 g/mol. The summed E-state index contributed by atoms with van der Waals surface area (Å²) in [4.78, 5) is 0. The van der Waals surface area contributed by atoms with Crippen LogP contribution in [0.2, 0.25) is 0 Å². The van der Waals surface area contributed by atoms with Crippen LogP contribution >= 0.6 is 11.8 Å². The molecule has 118 valence electrons. The monoisotopic (exact) mass is 299 g/mol. The molecule has 0 aliphatic carbocycles. The van der Waals surface area contributed by atoms with Gasteiger partial charge in [0.15, 0.2) is 0 Å². The van der Waals surface area contributed by atoms with Gasteiger partial charge in [-0.25, -0.2) is 0 Å². The SMILES string of the molecule is CC(CC(N)C1CCOC2(CCSCC2)C1)C(C)(C)C. The maximum atomic E-state index is 6.58. The van der Waals surface area contributed by atoms with E-state index in [1.54, 1.807) is 0 Å². The minimum absolute atomic E-state index is 0.177. The largest absolute Gasteiger partial charge is 0.375 e. The van der Waals surface area contributed by atoms with Gasteiger partial charge in [-0.15, -0.1) is 0 Å². The van der Waals surface area contributed by atoms with Crippen LogP contribution in [0.3, 0.4) is 0 Å². The van der Waals surface area contributed by atoms with E-state index in [2.05, 4.69) is 39.5 Å². The van der Waals surface area contributed by atoms with Gasteiger partial charge in [0.1, 0.15) is 0 Å². The van der Waals surface area contributed by atoms with Crippen LogP contribution in [0.5, 0.6) is 0 Å². The van der Waals surface area contributed by atoms with Crippen LogP contribution in [-0.4, -0.2) is 29.8 Å². The molecule has 0 amide bonds. The highest BCUT2D eigenvalue weighted by Crippen LogP contribution is 2.41. The molecular formula is C17H33NOS. The Bertz CT molecular complexity index is 301. The predicted octanol–water partition coefficient (Wildman–Crippen LogP) is 4.08. The number of rotatable bonds is 3. The second-order valence-electron chi connectivity index (χ2n) is 8.06. The van der Waals surface area contributed by atoms with Gasteiger partial charge in [-0.3, -0.25) is 0 Å². The summed E-state index contributed by atoms with van der Waals surface area (Å²) in [5, 5.41) is 0. The molecule has 3 unspecified atom stereocenters. The summed E-state index contributed by atoms with van der Waals surface area (Å²) in [6.45, 7) is 10.3. The highest BCUT2D eigenvalue weighted by molar-refractivity contribution is 7.99. The molecule has 0 radical (unpaired) electrons. The summed E-state index contributed by atoms with van der Waals surface area (Å²) < 4.78 is 6.19. The zero-order chi connectivity index (χ0) is 14.8. The fourth-order valence-electron chi connectivity index (χ4n) is 3.48. The van der Waals surface area contributed by atoms with Gasteiger partial charge < -0.3 is 10.5 Å². The highest BCUT2D eigenvalue weighted by atomic mass is 32.2. The first-order valence-corrected chi connectivity index (χ1v) is 9.45. The van der Waals surface area contributed by atoms with Crippen molar-refractivity contribution in [1.82, 2.24) is 0 Å². The molecule has 2 aliphatic heterocycles. The van der Waals surface area contributed by atoms with Crippen molar-refractivity contribution in [2.75, 3.05) is 18.1 Å². The minimum Gasteiger partial charge on any atom is -0.375 e. The van der Waals surface area contributed by atoms with Crippen molar-refractivity contribution < 1.29 is 4.74 Å². The lowest BCUT2D eigenvalue weighted by Gasteiger charge is -2.45. The maximum absolute atomic E-state index is 6.58. The van der Waals surface area contributed by atoms with E-state index < -0.39 is 0 Å². The molecule has 2 rings (SSSR count). The Morgan fingerprint density at radius 3 is 2.55 bits per heavy atom. The Labute approximate surface area is 129 Å². The Balaban J connectivity index is 1.91. The van der Waals surface area contributed by atoms with Crippen LogP contribution in [0.25, 0.3) is 0 Å². The van der Waals surface area contributed by atoms with Crippen molar-refractivity contribution in [3.8, 4) is 0 Å². The van der Waals surface area contributed by atoms with E-state index in [1.807, 2.05) is 0 Å². The first-order valence-electron chi connectivity index (χ1n) is 8.30. The lowest BCUT2D eigenvalue weighted by atomic mass is 9.73. The van der Waals surface area contributed by atoms with Gasteiger partial charge in [0.25, 0.3) is 0 Å². The van der Waals surface area contributed by atoms with E-state index in [1.165, 1.54) is 30.8 Å². The zero-order valence-corrected chi connectivity index (χ0v) is 14.6. The molecule has 2 saturated heterocycles. The molecule has 2 aliphatic rings. The van der Waals surface area contributed by atoms with Crippen LogP contribution in [0.4, 0.5) is 0 Å². The van der Waals surface area contributed by atoms with Gasteiger partial charge in [0.05, 0.1) is 5.60 Å². The van der Waals surface area contributed by atoms with Crippen LogP contribution in [0, 0.1) is 17.3 Å². The molecular weight excluding hydrogens is 266 g/mol. The van der Waals surface area contributed by atoms with E-state index in [0.717, 1.165) is 19.4 Å². The fourth-order valence-corrected chi connectivity index (χ4v) is 4.71. The smallest absolute Gasteiger partial charge is 0.0701 e. The molecule has 0 bridgehead atoms. The maximum Gasteiger partial charge on any atom is 0.0701 e. The molecule has 2 nitrogen and oxygen atoms in total. The molecule has 2 heterocycles. The number of ether oxygens (including phenoxy) is 1. The second kappa shape index (κ2) is 6.58. The minimum atomic E-state index is 0.177. The first kappa shape index (κ1) is 16.6. The zero-order valence-electron chi connectivity index (χ0n) is 13.8. The number of thioether (sulfide) groups is 1. The van der Waals surface area contributed by atoms with Gasteiger partial charge in [0, 0.05) is 12.6 Å². The Hall–Kier alpha value is 0.270. The molecule has 20 heavy (non-hydrogen) atoms. The van der Waals surface area contributed by atoms with Crippen molar-refractivity contribution in [3.05, 3.63) is 0 Å². The molecule has 1 spiro atoms. The summed E-state index contributed by atoms with van der Waals surface area (Å²) >= 11 is 2.07. The fraction of sp³-hybridized carbons (Fsp3) is 1.00. The van der Waals surface area contributed by atoms with Crippen LogP contribution in [0.15, 0.2) is 0 Å². The molecule has 2 fully saturated rings. The van der Waals surface area contributed by atoms with E-state index in [-0.39, 0.29) is 5.60 Å². The lowest BCUT2D eigenvalue weighted by molar-refractivity contribution is -0.106. The predicted molar refractivity (Wildman–Crippen MR) is 89.2 cm³/mol. The van der Waals surface area contributed by atoms with Gasteiger partial charge in [-0.05, 0) is 60.9 Å². The molecule has 2 N–H and O–H groups in total. The van der Waals surface area contributed by atoms with Crippen molar-refractivity contribution in [3.63, 3.8) is 0 Å². The highest BCUT2D eigenvalue weighted by Gasteiger charge is 2.40. The van der Waals surface area contributed by atoms with Gasteiger partial charge in [-0.2, -0.15) is 11.8 Å². The topological polar surface area (TPSA) is 35.2 Å². The third kappa shape index (κ3) is 4.14. The third-order valence-electron chi connectivity index (χ3n) is 5.64. The first-order chi connectivity index (χ1) is 9.32. The summed E-state index contributed by atoms with van der Waals surface area (Å²) in [6.07, 6.45) is 5.98. The number of nitrogens with two attached hydrogens (primary N) is 1. The van der Waals surface area contributed by atoms with Gasteiger partial charge >= 0.3 is 0 Å². The summed E-state index contributed by atoms with van der Waals surface area (Å²) in [7, 11) is 0. The molecule has 0 aromatic rings. The van der Waals surface area contributed by atoms with Crippen molar-refractivity contribution in [2.45, 2.75) is 71.4 Å². The quantitative estimate of drug-likeness (QED) is 0.853. The summed E-state index contributed by atoms with van der Waals surface area (Å²) in [5.74, 6) is 3.87. The second-order valence-corrected chi connectivity index (χ2v) is 9.29. The molecule has 0 saturated carbocycles. The molecule has 3 heteroatoms. The van der Waals surface area contributed by atoms with Gasteiger partial charge in [-0.1, -0.05) is 27.7 Å². The van der Waals surface area contributed by atoms with Crippen LogP contribution in [-0.2, 0) is 4.74 Å². The van der Waals surface area contributed by atoms with E-state index in [0.29, 0.717) is 23.3 Å². The number of hydrogen-bond donors (Lipinski definition) is 1. The standard InChI is InChI=1S/C17H33NOS/c1-13(16(2,3)4)11-15(18)14-5-8-19-17(12-14)6-9-20-10-7-17/h13-15H,5-12,18H2,1-4H3. The lowest BCUT2D eigenvalue weighted by Crippen LogP contribution is -2.47. The van der Waals surface area contributed by atoms with E-state index in [9.17, 15) is 0 Å². The van der Waals surface area contributed by atoms with Crippen molar-refractivity contribution >= 4 is 11.8 Å². The van der Waals surface area contributed by atoms with Gasteiger partial charge in [0.2, 0.25) is 0 Å². The summed E-state index contributed by atoms with van der Waals surface area (Å²) in [5.41, 5.74) is 7.12. The third-order valence-corrected chi connectivity index (χ3v) is 6.63.